The number of amides is 1. The second-order valence-electron chi connectivity index (χ2n) is 5.63. The quantitative estimate of drug-likeness (QED) is 0.511. The third kappa shape index (κ3) is 4.74. The molecule has 0 unspecified atom stereocenters. The van der Waals surface area contributed by atoms with Gasteiger partial charge in [-0.25, -0.2) is 0 Å². The molecule has 3 aromatic carbocycles. The first-order chi connectivity index (χ1) is 13.2. The van der Waals surface area contributed by atoms with E-state index >= 15 is 0 Å². The minimum Gasteiger partial charge on any atom is -0.508 e. The van der Waals surface area contributed by atoms with Gasteiger partial charge in [-0.05, 0) is 48.0 Å². The first-order valence-corrected chi connectivity index (χ1v) is 8.20. The summed E-state index contributed by atoms with van der Waals surface area (Å²) in [6, 6.07) is 24.3. The van der Waals surface area contributed by atoms with Crippen LogP contribution in [0, 0.1) is 11.3 Å². The van der Waals surface area contributed by atoms with E-state index in [1.165, 1.54) is 18.2 Å². The molecule has 27 heavy (non-hydrogen) atoms. The highest BCUT2D eigenvalue weighted by molar-refractivity contribution is 6.10. The molecule has 0 fully saturated rings. The number of carbonyl (C=O) groups excluding carboxylic acids is 1. The minimum absolute atomic E-state index is 0.0600. The summed E-state index contributed by atoms with van der Waals surface area (Å²) in [4.78, 5) is 12.5. The van der Waals surface area contributed by atoms with Crippen LogP contribution in [0.1, 0.15) is 5.56 Å². The van der Waals surface area contributed by atoms with Crippen molar-refractivity contribution in [2.24, 2.45) is 0 Å². The van der Waals surface area contributed by atoms with Gasteiger partial charge in [-0.1, -0.05) is 42.5 Å². The summed E-state index contributed by atoms with van der Waals surface area (Å²) in [7, 11) is 0. The third-order valence-electron chi connectivity index (χ3n) is 3.68. The van der Waals surface area contributed by atoms with Gasteiger partial charge < -0.3 is 15.2 Å². The van der Waals surface area contributed by atoms with Crippen molar-refractivity contribution in [2.45, 2.75) is 0 Å². The van der Waals surface area contributed by atoms with Gasteiger partial charge in [0.2, 0.25) is 0 Å². The van der Waals surface area contributed by atoms with Crippen molar-refractivity contribution in [2.75, 3.05) is 5.32 Å². The predicted octanol–water partition coefficient (Wildman–Crippen LogP) is 4.73. The molecule has 3 rings (SSSR count). The number of hydrogen-bond donors (Lipinski definition) is 2. The second-order valence-corrected chi connectivity index (χ2v) is 5.63. The van der Waals surface area contributed by atoms with Gasteiger partial charge in [-0.3, -0.25) is 4.79 Å². The maximum absolute atomic E-state index is 12.5. The Balaban J connectivity index is 1.81. The highest BCUT2D eigenvalue weighted by Gasteiger charge is 2.13. The summed E-state index contributed by atoms with van der Waals surface area (Å²) in [6.07, 6.45) is 1.45. The molecular formula is C22H16N2O3. The summed E-state index contributed by atoms with van der Waals surface area (Å²) >= 11 is 0. The van der Waals surface area contributed by atoms with Gasteiger partial charge in [0.1, 0.15) is 23.1 Å². The van der Waals surface area contributed by atoms with Crippen LogP contribution in [-0.2, 0) is 4.79 Å². The van der Waals surface area contributed by atoms with E-state index in [0.29, 0.717) is 22.7 Å². The Bertz CT molecular complexity index is 1000. The van der Waals surface area contributed by atoms with Gasteiger partial charge in [0.15, 0.2) is 5.75 Å². The molecule has 0 aromatic heterocycles. The molecule has 0 radical (unpaired) electrons. The van der Waals surface area contributed by atoms with Crippen molar-refractivity contribution in [1.82, 2.24) is 0 Å². The molecule has 132 valence electrons. The number of nitriles is 1. The number of benzene rings is 3. The van der Waals surface area contributed by atoms with Crippen LogP contribution in [0.2, 0.25) is 0 Å². The third-order valence-corrected chi connectivity index (χ3v) is 3.68. The Morgan fingerprint density at radius 3 is 2.33 bits per heavy atom. The van der Waals surface area contributed by atoms with Gasteiger partial charge in [-0.15, -0.1) is 0 Å². The zero-order valence-electron chi connectivity index (χ0n) is 14.3. The van der Waals surface area contributed by atoms with Crippen LogP contribution in [0.25, 0.3) is 6.08 Å². The highest BCUT2D eigenvalue weighted by atomic mass is 16.5. The van der Waals surface area contributed by atoms with Crippen LogP contribution in [0.5, 0.6) is 17.2 Å². The Morgan fingerprint density at radius 1 is 0.963 bits per heavy atom. The van der Waals surface area contributed by atoms with E-state index in [-0.39, 0.29) is 11.3 Å². The molecule has 0 saturated heterocycles. The normalized spacial score (nSPS) is 10.7. The Labute approximate surface area is 156 Å². The summed E-state index contributed by atoms with van der Waals surface area (Å²) in [5, 5.41) is 21.4. The fourth-order valence-corrected chi connectivity index (χ4v) is 2.35. The van der Waals surface area contributed by atoms with Crippen LogP contribution >= 0.6 is 0 Å². The number of nitrogens with zero attached hydrogens (tertiary/aromatic N) is 1. The van der Waals surface area contributed by atoms with E-state index in [2.05, 4.69) is 5.32 Å². The monoisotopic (exact) mass is 356 g/mol. The molecule has 0 aliphatic carbocycles. The van der Waals surface area contributed by atoms with Gasteiger partial charge in [0, 0.05) is 0 Å². The van der Waals surface area contributed by atoms with E-state index in [9.17, 15) is 15.2 Å². The number of aromatic hydroxyl groups is 1. The van der Waals surface area contributed by atoms with Gasteiger partial charge >= 0.3 is 0 Å². The number of hydrogen-bond acceptors (Lipinski definition) is 4. The molecule has 2 N–H and O–H groups in total. The van der Waals surface area contributed by atoms with Crippen molar-refractivity contribution in [1.29, 1.82) is 5.26 Å². The summed E-state index contributed by atoms with van der Waals surface area (Å²) < 4.78 is 5.81. The first kappa shape index (κ1) is 17.8. The average Bonchev–Trinajstić information content (AvgIpc) is 2.70. The highest BCUT2D eigenvalue weighted by Crippen LogP contribution is 2.29. The number of anilines is 1. The lowest BCUT2D eigenvalue weighted by atomic mass is 10.1. The zero-order valence-corrected chi connectivity index (χ0v) is 14.3. The molecule has 0 saturated carbocycles. The maximum Gasteiger partial charge on any atom is 0.266 e. The Kier molecular flexibility index (Phi) is 5.51. The lowest BCUT2D eigenvalue weighted by Gasteiger charge is -2.12. The van der Waals surface area contributed by atoms with E-state index in [1.54, 1.807) is 36.4 Å². The lowest BCUT2D eigenvalue weighted by Crippen LogP contribution is -2.14. The van der Waals surface area contributed by atoms with Crippen LogP contribution in [0.3, 0.4) is 0 Å². The minimum atomic E-state index is -0.547. The molecule has 5 nitrogen and oxygen atoms in total. The topological polar surface area (TPSA) is 82.3 Å². The number of rotatable bonds is 5. The summed E-state index contributed by atoms with van der Waals surface area (Å²) in [6.45, 7) is 0. The zero-order chi connectivity index (χ0) is 19.1. The number of carbonyl (C=O) groups is 1. The van der Waals surface area contributed by atoms with Crippen LogP contribution in [0.4, 0.5) is 5.69 Å². The van der Waals surface area contributed by atoms with Crippen molar-refractivity contribution in [3.05, 3.63) is 90.0 Å². The molecule has 1 amide bonds. The van der Waals surface area contributed by atoms with E-state index in [0.717, 1.165) is 0 Å². The van der Waals surface area contributed by atoms with E-state index in [4.69, 9.17) is 4.74 Å². The van der Waals surface area contributed by atoms with Crippen LogP contribution in [-0.4, -0.2) is 11.0 Å². The standard InChI is InChI=1S/C22H16N2O3/c23-15-17(14-16-10-12-18(25)13-11-16)22(26)24-20-8-4-5-9-21(20)27-19-6-2-1-3-7-19/h1-14,25H,(H,24,26)/b17-14+. The molecule has 0 aliphatic rings. The molecule has 3 aromatic rings. The molecular weight excluding hydrogens is 340 g/mol. The fourth-order valence-electron chi connectivity index (χ4n) is 2.35. The van der Waals surface area contributed by atoms with Crippen LogP contribution in [0.15, 0.2) is 84.4 Å². The largest absolute Gasteiger partial charge is 0.508 e. The predicted molar refractivity (Wildman–Crippen MR) is 103 cm³/mol. The smallest absolute Gasteiger partial charge is 0.266 e. The molecule has 0 spiro atoms. The number of ether oxygens (including phenoxy) is 1. The summed E-state index contributed by atoms with van der Waals surface area (Å²) in [5.41, 5.74) is 1.03. The van der Waals surface area contributed by atoms with Gasteiger partial charge in [0.25, 0.3) is 5.91 Å². The van der Waals surface area contributed by atoms with Crippen LogP contribution < -0.4 is 10.1 Å². The second kappa shape index (κ2) is 8.37. The van der Waals surface area contributed by atoms with Crippen molar-refractivity contribution in [3.8, 4) is 23.3 Å². The van der Waals surface area contributed by atoms with Crippen molar-refractivity contribution in [3.63, 3.8) is 0 Å². The fraction of sp³-hybridized carbons (Fsp3) is 0. The van der Waals surface area contributed by atoms with Gasteiger partial charge in [0.05, 0.1) is 5.69 Å². The lowest BCUT2D eigenvalue weighted by molar-refractivity contribution is -0.112. The Morgan fingerprint density at radius 2 is 1.63 bits per heavy atom. The van der Waals surface area contributed by atoms with E-state index < -0.39 is 5.91 Å². The number of phenols is 1. The molecule has 0 bridgehead atoms. The molecule has 0 heterocycles. The van der Waals surface area contributed by atoms with E-state index in [1.807, 2.05) is 36.4 Å². The Hall–Kier alpha value is -4.04. The molecule has 0 atom stereocenters. The molecule has 5 heteroatoms. The van der Waals surface area contributed by atoms with Crippen molar-refractivity contribution < 1.29 is 14.6 Å². The first-order valence-electron chi connectivity index (χ1n) is 8.20. The SMILES string of the molecule is N#C/C(=C\c1ccc(O)cc1)C(=O)Nc1ccccc1Oc1ccccc1. The van der Waals surface area contributed by atoms with Gasteiger partial charge in [-0.2, -0.15) is 5.26 Å². The average molecular weight is 356 g/mol. The number of para-hydroxylation sites is 3. The summed E-state index contributed by atoms with van der Waals surface area (Å²) in [5.74, 6) is 0.676. The van der Waals surface area contributed by atoms with Crippen molar-refractivity contribution >= 4 is 17.7 Å². The number of nitrogens with one attached hydrogen (secondary N) is 1. The number of phenolic OH excluding ortho intramolecular Hbond substituents is 1. The maximum atomic E-state index is 12.5. The molecule has 0 aliphatic heterocycles.